The van der Waals surface area contributed by atoms with Gasteiger partial charge < -0.3 is 18.9 Å². The maximum Gasteiger partial charge on any atom is 0.506 e. The Kier molecular flexibility index (Phi) is 5.63. The minimum absolute atomic E-state index is 0.00792. The summed E-state index contributed by atoms with van der Waals surface area (Å²) in [5.74, 6) is 0. The highest BCUT2D eigenvalue weighted by molar-refractivity contribution is 7.53. The van der Waals surface area contributed by atoms with E-state index in [1.165, 1.54) is 0 Å². The minimum atomic E-state index is -3.28. The summed E-state index contributed by atoms with van der Waals surface area (Å²) in [5, 5.41) is 8.80. The topological polar surface area (TPSA) is 82.1 Å². The van der Waals surface area contributed by atoms with E-state index < -0.39 is 19.4 Å². The molecule has 1 aliphatic rings. The van der Waals surface area contributed by atoms with Crippen LogP contribution in [0.1, 0.15) is 39.5 Å². The van der Waals surface area contributed by atoms with Crippen LogP contribution < -0.4 is 0 Å². The van der Waals surface area contributed by atoms with Crippen LogP contribution in [-0.4, -0.2) is 36.2 Å². The predicted octanol–water partition coefficient (Wildman–Crippen LogP) is 3.26. The minimum Gasteiger partial charge on any atom is -0.450 e. The van der Waals surface area contributed by atoms with Crippen LogP contribution in [0, 0.1) is 0 Å². The van der Waals surface area contributed by atoms with E-state index in [4.69, 9.17) is 18.9 Å². The quantitative estimate of drug-likeness (QED) is 0.569. The fourth-order valence-electron chi connectivity index (χ4n) is 2.37. The van der Waals surface area contributed by atoms with Gasteiger partial charge >= 0.3 is 13.8 Å². The molecule has 6 nitrogen and oxygen atoms in total. The second kappa shape index (κ2) is 6.55. The first-order valence-electron chi connectivity index (χ1n) is 6.25. The van der Waals surface area contributed by atoms with Crippen LogP contribution >= 0.6 is 7.60 Å². The van der Waals surface area contributed by atoms with Gasteiger partial charge in [0.25, 0.3) is 0 Å². The highest BCUT2D eigenvalue weighted by atomic mass is 31.2. The van der Waals surface area contributed by atoms with E-state index in [0.717, 1.165) is 12.8 Å². The zero-order valence-electron chi connectivity index (χ0n) is 10.9. The Labute approximate surface area is 107 Å². The smallest absolute Gasteiger partial charge is 0.450 e. The van der Waals surface area contributed by atoms with E-state index in [9.17, 15) is 9.36 Å². The fraction of sp³-hybridized carbons (Fsp3) is 0.909. The number of carbonyl (C=O) groups is 1. The zero-order chi connectivity index (χ0) is 13.6. The van der Waals surface area contributed by atoms with Crippen molar-refractivity contribution in [3.05, 3.63) is 0 Å². The molecule has 0 bridgehead atoms. The highest BCUT2D eigenvalue weighted by Gasteiger charge is 2.45. The summed E-state index contributed by atoms with van der Waals surface area (Å²) in [6, 6.07) is 0. The molecule has 0 atom stereocenters. The normalized spacial score (nSPS) is 18.8. The lowest BCUT2D eigenvalue weighted by atomic mass is 10.1. The van der Waals surface area contributed by atoms with E-state index in [-0.39, 0.29) is 19.4 Å². The van der Waals surface area contributed by atoms with Gasteiger partial charge in [-0.2, -0.15) is 0 Å². The molecule has 7 heteroatoms. The molecule has 0 saturated heterocycles. The summed E-state index contributed by atoms with van der Waals surface area (Å²) < 4.78 is 27.8. The van der Waals surface area contributed by atoms with Crippen molar-refractivity contribution in [1.29, 1.82) is 0 Å². The molecule has 0 spiro atoms. The van der Waals surface area contributed by atoms with Crippen molar-refractivity contribution in [3.63, 3.8) is 0 Å². The number of hydrogen-bond donors (Lipinski definition) is 1. The molecule has 0 aliphatic heterocycles. The zero-order valence-corrected chi connectivity index (χ0v) is 11.8. The maximum atomic E-state index is 12.4. The van der Waals surface area contributed by atoms with Crippen LogP contribution in [0.4, 0.5) is 4.79 Å². The lowest BCUT2D eigenvalue weighted by Gasteiger charge is -2.30. The standard InChI is InChI=1S/C11H21O6P/c1-3-15-18(14,16-4-2)9-11(17-10(12)13)7-5-6-8-11/h3-9H2,1-2H3,(H,12,13). The first-order chi connectivity index (χ1) is 8.45. The number of rotatable bonds is 7. The van der Waals surface area contributed by atoms with Crippen molar-refractivity contribution in [2.24, 2.45) is 0 Å². The first-order valence-corrected chi connectivity index (χ1v) is 7.98. The Balaban J connectivity index is 2.80. The molecule has 1 rings (SSSR count). The number of ether oxygens (including phenoxy) is 1. The molecule has 18 heavy (non-hydrogen) atoms. The number of hydrogen-bond acceptors (Lipinski definition) is 5. The van der Waals surface area contributed by atoms with E-state index in [1.807, 2.05) is 0 Å². The third kappa shape index (κ3) is 4.26. The van der Waals surface area contributed by atoms with Crippen molar-refractivity contribution in [1.82, 2.24) is 0 Å². The predicted molar refractivity (Wildman–Crippen MR) is 66.0 cm³/mol. The maximum absolute atomic E-state index is 12.4. The average molecular weight is 280 g/mol. The van der Waals surface area contributed by atoms with Crippen molar-refractivity contribution in [2.45, 2.75) is 45.1 Å². The Bertz CT molecular complexity index is 313. The van der Waals surface area contributed by atoms with Gasteiger partial charge in [-0.1, -0.05) is 0 Å². The van der Waals surface area contributed by atoms with Gasteiger partial charge in [0.2, 0.25) is 0 Å². The fourth-order valence-corrected chi connectivity index (χ4v) is 4.50. The Morgan fingerprint density at radius 2 is 1.72 bits per heavy atom. The molecule has 1 fully saturated rings. The molecule has 0 aromatic carbocycles. The second-order valence-electron chi connectivity index (χ2n) is 4.36. The van der Waals surface area contributed by atoms with E-state index in [1.54, 1.807) is 13.8 Å². The van der Waals surface area contributed by atoms with Crippen molar-refractivity contribution in [3.8, 4) is 0 Å². The van der Waals surface area contributed by atoms with Crippen LogP contribution in [0.25, 0.3) is 0 Å². The van der Waals surface area contributed by atoms with E-state index in [2.05, 4.69) is 0 Å². The van der Waals surface area contributed by atoms with Gasteiger partial charge in [-0.15, -0.1) is 0 Å². The van der Waals surface area contributed by atoms with Gasteiger partial charge in [0.1, 0.15) is 5.60 Å². The van der Waals surface area contributed by atoms with E-state index >= 15 is 0 Å². The average Bonchev–Trinajstić information content (AvgIpc) is 2.64. The molecule has 1 saturated carbocycles. The molecule has 0 unspecified atom stereocenters. The summed E-state index contributed by atoms with van der Waals surface area (Å²) in [5.41, 5.74) is -0.911. The van der Waals surface area contributed by atoms with Crippen LogP contribution in [0.3, 0.4) is 0 Å². The Morgan fingerprint density at radius 1 is 1.22 bits per heavy atom. The molecule has 0 aromatic rings. The van der Waals surface area contributed by atoms with Crippen LogP contribution in [0.2, 0.25) is 0 Å². The summed E-state index contributed by atoms with van der Waals surface area (Å²) in [7, 11) is -3.28. The molecular formula is C11H21O6P. The SMILES string of the molecule is CCOP(=O)(CC1(OC(=O)O)CCCC1)OCC. The third-order valence-corrected chi connectivity index (χ3v) is 5.22. The molecule has 0 aromatic heterocycles. The van der Waals surface area contributed by atoms with Crippen molar-refractivity contribution >= 4 is 13.8 Å². The number of carboxylic acid groups (broad SMARTS) is 1. The van der Waals surface area contributed by atoms with Gasteiger partial charge in [0.05, 0.1) is 19.4 Å². The van der Waals surface area contributed by atoms with Crippen molar-refractivity contribution in [2.75, 3.05) is 19.4 Å². The molecule has 0 amide bonds. The largest absolute Gasteiger partial charge is 0.506 e. The third-order valence-electron chi connectivity index (χ3n) is 2.95. The van der Waals surface area contributed by atoms with E-state index in [0.29, 0.717) is 12.8 Å². The first kappa shape index (κ1) is 15.5. The molecule has 1 N–H and O–H groups in total. The summed E-state index contributed by atoms with van der Waals surface area (Å²) in [6.07, 6.45) is 1.55. The summed E-state index contributed by atoms with van der Waals surface area (Å²) >= 11 is 0. The van der Waals surface area contributed by atoms with Gasteiger partial charge in [-0.25, -0.2) is 4.79 Å². The molecule has 0 radical (unpaired) electrons. The van der Waals surface area contributed by atoms with Crippen LogP contribution in [0.5, 0.6) is 0 Å². The molecule has 1 aliphatic carbocycles. The van der Waals surface area contributed by atoms with Crippen molar-refractivity contribution < 1.29 is 28.3 Å². The summed E-state index contributed by atoms with van der Waals surface area (Å²) in [6.45, 7) is 3.98. The van der Waals surface area contributed by atoms with Gasteiger partial charge in [-0.05, 0) is 39.5 Å². The lowest BCUT2D eigenvalue weighted by Crippen LogP contribution is -2.36. The molecular weight excluding hydrogens is 259 g/mol. The van der Waals surface area contributed by atoms with Crippen LogP contribution in [0.15, 0.2) is 0 Å². The Morgan fingerprint density at radius 3 is 2.11 bits per heavy atom. The molecule has 0 heterocycles. The molecule has 106 valence electrons. The lowest BCUT2D eigenvalue weighted by molar-refractivity contribution is -0.00458. The highest BCUT2D eigenvalue weighted by Crippen LogP contribution is 2.54. The van der Waals surface area contributed by atoms with Gasteiger partial charge in [0, 0.05) is 0 Å². The second-order valence-corrected chi connectivity index (χ2v) is 6.42. The van der Waals surface area contributed by atoms with Gasteiger partial charge in [-0.3, -0.25) is 4.57 Å². The Hall–Kier alpha value is -0.580. The van der Waals surface area contributed by atoms with Gasteiger partial charge in [0.15, 0.2) is 0 Å². The summed E-state index contributed by atoms with van der Waals surface area (Å²) in [4.78, 5) is 10.8. The van der Waals surface area contributed by atoms with Crippen LogP contribution in [-0.2, 0) is 18.3 Å². The monoisotopic (exact) mass is 280 g/mol.